The smallest absolute Gasteiger partial charge is 0.317 e. The lowest BCUT2D eigenvalue weighted by Crippen LogP contribution is -2.55. The molecule has 3 aliphatic rings. The van der Waals surface area contributed by atoms with Crippen molar-refractivity contribution in [2.45, 2.75) is 62.8 Å². The molecule has 184 valence electrons. The number of aromatic nitrogens is 3. The summed E-state index contributed by atoms with van der Waals surface area (Å²) in [5, 5.41) is 8.58. The third-order valence-corrected chi connectivity index (χ3v) is 8.28. The van der Waals surface area contributed by atoms with E-state index in [-0.39, 0.29) is 17.5 Å². The summed E-state index contributed by atoms with van der Waals surface area (Å²) in [7, 11) is 0. The molecule has 4 heterocycles. The average Bonchev–Trinajstić information content (AvgIpc) is 3.69. The van der Waals surface area contributed by atoms with Crippen LogP contribution in [0.15, 0.2) is 40.9 Å². The van der Waals surface area contributed by atoms with E-state index in [9.17, 15) is 4.79 Å². The zero-order valence-electron chi connectivity index (χ0n) is 20.3. The van der Waals surface area contributed by atoms with Gasteiger partial charge in [-0.25, -0.2) is 9.78 Å². The SMILES string of the molecule is O=C(NCC1(N2CCCC2)CCCC1)N1CCC(c2nc(-c3ccc4ccccc4n3)no2)CC1. The zero-order valence-corrected chi connectivity index (χ0v) is 20.3. The number of urea groups is 1. The molecule has 1 aliphatic carbocycles. The zero-order chi connectivity index (χ0) is 23.7. The molecule has 1 N–H and O–H groups in total. The maximum atomic E-state index is 13.0. The van der Waals surface area contributed by atoms with E-state index < -0.39 is 0 Å². The topological polar surface area (TPSA) is 87.4 Å². The van der Waals surface area contributed by atoms with Crippen LogP contribution in [0.3, 0.4) is 0 Å². The number of likely N-dealkylation sites (tertiary alicyclic amines) is 2. The van der Waals surface area contributed by atoms with Crippen LogP contribution in [0.4, 0.5) is 4.79 Å². The Morgan fingerprint density at radius 2 is 1.74 bits per heavy atom. The Morgan fingerprint density at radius 3 is 2.54 bits per heavy atom. The van der Waals surface area contributed by atoms with Gasteiger partial charge in [-0.3, -0.25) is 4.90 Å². The van der Waals surface area contributed by atoms with Gasteiger partial charge < -0.3 is 14.7 Å². The van der Waals surface area contributed by atoms with Gasteiger partial charge >= 0.3 is 6.03 Å². The molecule has 0 bridgehead atoms. The highest BCUT2D eigenvalue weighted by Gasteiger charge is 2.41. The number of nitrogens with zero attached hydrogens (tertiary/aromatic N) is 5. The maximum absolute atomic E-state index is 13.0. The lowest BCUT2D eigenvalue weighted by molar-refractivity contribution is 0.115. The van der Waals surface area contributed by atoms with Crippen LogP contribution in [-0.2, 0) is 0 Å². The van der Waals surface area contributed by atoms with Crippen molar-refractivity contribution in [3.8, 4) is 11.5 Å². The summed E-state index contributed by atoms with van der Waals surface area (Å²) in [6.07, 6.45) is 9.21. The number of piperidine rings is 1. The van der Waals surface area contributed by atoms with E-state index in [1.807, 2.05) is 41.3 Å². The highest BCUT2D eigenvalue weighted by Crippen LogP contribution is 2.37. The third-order valence-electron chi connectivity index (χ3n) is 8.28. The summed E-state index contributed by atoms with van der Waals surface area (Å²) in [5.41, 5.74) is 1.82. The number of fused-ring (bicyclic) bond motifs is 1. The molecule has 0 radical (unpaired) electrons. The van der Waals surface area contributed by atoms with E-state index >= 15 is 0 Å². The molecule has 3 aromatic rings. The van der Waals surface area contributed by atoms with E-state index in [0.717, 1.165) is 30.3 Å². The lowest BCUT2D eigenvalue weighted by atomic mass is 9.95. The van der Waals surface area contributed by atoms with Crippen molar-refractivity contribution in [2.24, 2.45) is 0 Å². The number of nitrogens with one attached hydrogen (secondary N) is 1. The fourth-order valence-corrected chi connectivity index (χ4v) is 6.21. The average molecular weight is 475 g/mol. The molecule has 0 unspecified atom stereocenters. The Balaban J connectivity index is 1.04. The number of carbonyl (C=O) groups excluding carboxylic acids is 1. The van der Waals surface area contributed by atoms with Gasteiger partial charge in [-0.2, -0.15) is 4.98 Å². The minimum Gasteiger partial charge on any atom is -0.339 e. The third kappa shape index (κ3) is 4.51. The second-order valence-corrected chi connectivity index (χ2v) is 10.4. The molecule has 8 nitrogen and oxygen atoms in total. The van der Waals surface area contributed by atoms with Crippen molar-refractivity contribution >= 4 is 16.9 Å². The van der Waals surface area contributed by atoms with Gasteiger partial charge in [0.25, 0.3) is 0 Å². The first-order chi connectivity index (χ1) is 17.2. The van der Waals surface area contributed by atoms with Crippen LogP contribution in [0.2, 0.25) is 0 Å². The molecule has 8 heteroatoms. The molecule has 0 atom stereocenters. The maximum Gasteiger partial charge on any atom is 0.317 e. The van der Waals surface area contributed by atoms with Crippen molar-refractivity contribution in [1.82, 2.24) is 30.2 Å². The van der Waals surface area contributed by atoms with Gasteiger partial charge in [-0.15, -0.1) is 0 Å². The first-order valence-corrected chi connectivity index (χ1v) is 13.2. The largest absolute Gasteiger partial charge is 0.339 e. The van der Waals surface area contributed by atoms with Crippen LogP contribution in [0.1, 0.15) is 63.2 Å². The summed E-state index contributed by atoms with van der Waals surface area (Å²) in [4.78, 5) is 26.9. The number of para-hydroxylation sites is 1. The van der Waals surface area contributed by atoms with Gasteiger partial charge in [0.15, 0.2) is 0 Å². The van der Waals surface area contributed by atoms with Gasteiger partial charge in [0.1, 0.15) is 5.69 Å². The number of pyridine rings is 1. The number of rotatable bonds is 5. The molecule has 2 saturated heterocycles. The van der Waals surface area contributed by atoms with E-state index in [1.165, 1.54) is 51.6 Å². The number of amides is 2. The molecule has 2 amide bonds. The molecular formula is C27H34N6O2. The molecule has 6 rings (SSSR count). The number of hydrogen-bond donors (Lipinski definition) is 1. The van der Waals surface area contributed by atoms with Gasteiger partial charge in [0.05, 0.1) is 5.52 Å². The molecule has 35 heavy (non-hydrogen) atoms. The van der Waals surface area contributed by atoms with Crippen LogP contribution < -0.4 is 5.32 Å². The Bertz CT molecular complexity index is 1170. The van der Waals surface area contributed by atoms with E-state index in [2.05, 4.69) is 25.3 Å². The molecule has 3 fully saturated rings. The van der Waals surface area contributed by atoms with Crippen LogP contribution in [0.25, 0.3) is 22.4 Å². The predicted molar refractivity (Wildman–Crippen MR) is 134 cm³/mol. The molecule has 2 aromatic heterocycles. The highest BCUT2D eigenvalue weighted by atomic mass is 16.5. The fourth-order valence-electron chi connectivity index (χ4n) is 6.21. The molecule has 2 aliphatic heterocycles. The summed E-state index contributed by atoms with van der Waals surface area (Å²) < 4.78 is 5.63. The van der Waals surface area contributed by atoms with Crippen LogP contribution in [0, 0.1) is 0 Å². The van der Waals surface area contributed by atoms with Gasteiger partial charge in [-0.1, -0.05) is 42.3 Å². The van der Waals surface area contributed by atoms with Gasteiger partial charge in [0, 0.05) is 36.5 Å². The number of carbonyl (C=O) groups is 1. The Hall–Kier alpha value is -3.00. The Labute approximate surface area is 206 Å². The Kier molecular flexibility index (Phi) is 6.14. The minimum atomic E-state index is 0.0699. The normalized spacial score (nSPS) is 21.1. The van der Waals surface area contributed by atoms with Crippen LogP contribution in [0.5, 0.6) is 0 Å². The van der Waals surface area contributed by atoms with Gasteiger partial charge in [0.2, 0.25) is 11.7 Å². The monoisotopic (exact) mass is 474 g/mol. The van der Waals surface area contributed by atoms with E-state index in [4.69, 9.17) is 4.52 Å². The van der Waals surface area contributed by atoms with Crippen molar-refractivity contribution < 1.29 is 9.32 Å². The summed E-state index contributed by atoms with van der Waals surface area (Å²) >= 11 is 0. The molecule has 1 aromatic carbocycles. The minimum absolute atomic E-state index is 0.0699. The Morgan fingerprint density at radius 1 is 0.971 bits per heavy atom. The summed E-state index contributed by atoms with van der Waals surface area (Å²) in [6, 6.07) is 12.0. The summed E-state index contributed by atoms with van der Waals surface area (Å²) in [5.74, 6) is 1.34. The molecular weight excluding hydrogens is 440 g/mol. The second kappa shape index (κ2) is 9.57. The van der Waals surface area contributed by atoms with Crippen molar-refractivity contribution in [3.05, 3.63) is 42.3 Å². The van der Waals surface area contributed by atoms with E-state index in [1.54, 1.807) is 0 Å². The van der Waals surface area contributed by atoms with E-state index in [0.29, 0.717) is 30.5 Å². The lowest BCUT2D eigenvalue weighted by Gasteiger charge is -2.40. The standard InChI is InChI=1S/C27H34N6O2/c34-26(28-19-27(13-3-4-14-27)33-15-5-6-16-33)32-17-11-21(12-18-32)25-30-24(31-35-25)23-10-9-20-7-1-2-8-22(20)29-23/h1-2,7-10,21H,3-6,11-19H2,(H,28,34). The predicted octanol–water partition coefficient (Wildman–Crippen LogP) is 4.58. The van der Waals surface area contributed by atoms with Crippen molar-refractivity contribution in [1.29, 1.82) is 0 Å². The molecule has 0 spiro atoms. The molecule has 1 saturated carbocycles. The highest BCUT2D eigenvalue weighted by molar-refractivity contribution is 5.80. The summed E-state index contributed by atoms with van der Waals surface area (Å²) in [6.45, 7) is 4.56. The number of hydrogen-bond acceptors (Lipinski definition) is 6. The number of benzene rings is 1. The van der Waals surface area contributed by atoms with Crippen LogP contribution >= 0.6 is 0 Å². The van der Waals surface area contributed by atoms with Crippen molar-refractivity contribution in [2.75, 3.05) is 32.7 Å². The first kappa shape index (κ1) is 22.5. The van der Waals surface area contributed by atoms with Gasteiger partial charge in [-0.05, 0) is 63.7 Å². The first-order valence-electron chi connectivity index (χ1n) is 13.2. The van der Waals surface area contributed by atoms with Crippen molar-refractivity contribution in [3.63, 3.8) is 0 Å². The van der Waals surface area contributed by atoms with Crippen LogP contribution in [-0.4, -0.2) is 69.2 Å². The second-order valence-electron chi connectivity index (χ2n) is 10.4. The fraction of sp³-hybridized carbons (Fsp3) is 0.556. The quantitative estimate of drug-likeness (QED) is 0.582.